The predicted molar refractivity (Wildman–Crippen MR) is 120 cm³/mol. The summed E-state index contributed by atoms with van der Waals surface area (Å²) in [4.78, 5) is 19.1. The second-order valence-corrected chi connectivity index (χ2v) is 10.7. The van der Waals surface area contributed by atoms with Crippen molar-refractivity contribution in [3.05, 3.63) is 59.1 Å². The van der Waals surface area contributed by atoms with Gasteiger partial charge in [-0.1, -0.05) is 59.3 Å². The van der Waals surface area contributed by atoms with E-state index in [1.807, 2.05) is 18.2 Å². The Balaban J connectivity index is 1.59. The number of sulfone groups is 1. The molecular formula is C21H21ClN2O4S2. The number of aromatic nitrogens is 1. The van der Waals surface area contributed by atoms with Gasteiger partial charge in [0.15, 0.2) is 15.0 Å². The molecule has 4 rings (SSSR count). The highest BCUT2D eigenvalue weighted by Crippen LogP contribution is 2.33. The van der Waals surface area contributed by atoms with Crippen molar-refractivity contribution in [1.82, 2.24) is 4.98 Å². The zero-order valence-electron chi connectivity index (χ0n) is 16.2. The monoisotopic (exact) mass is 464 g/mol. The van der Waals surface area contributed by atoms with Crippen molar-refractivity contribution in [2.24, 2.45) is 0 Å². The number of thiazole rings is 1. The number of carbonyl (C=O) groups is 1. The summed E-state index contributed by atoms with van der Waals surface area (Å²) in [5.74, 6) is -1.27. The van der Waals surface area contributed by atoms with Gasteiger partial charge < -0.3 is 4.74 Å². The molecule has 0 spiro atoms. The molecule has 2 heterocycles. The van der Waals surface area contributed by atoms with E-state index in [4.69, 9.17) is 16.3 Å². The van der Waals surface area contributed by atoms with E-state index >= 15 is 0 Å². The highest BCUT2D eigenvalue weighted by atomic mass is 35.5. The Morgan fingerprint density at radius 3 is 2.70 bits per heavy atom. The lowest BCUT2D eigenvalue weighted by atomic mass is 10.2. The first-order chi connectivity index (χ1) is 14.4. The van der Waals surface area contributed by atoms with Gasteiger partial charge in [0.2, 0.25) is 5.91 Å². The van der Waals surface area contributed by atoms with Gasteiger partial charge in [-0.05, 0) is 30.5 Å². The molecule has 0 bridgehead atoms. The molecule has 30 heavy (non-hydrogen) atoms. The van der Waals surface area contributed by atoms with Crippen LogP contribution in [0.25, 0.3) is 10.2 Å². The largest absolute Gasteiger partial charge is 0.376 e. The van der Waals surface area contributed by atoms with Gasteiger partial charge in [-0.25, -0.2) is 13.4 Å². The summed E-state index contributed by atoms with van der Waals surface area (Å²) in [5.41, 5.74) is 1.26. The number of nitrogens with zero attached hydrogens (tertiary/aromatic N) is 2. The number of fused-ring (bicyclic) bond motifs is 1. The highest BCUT2D eigenvalue weighted by molar-refractivity contribution is 7.91. The summed E-state index contributed by atoms with van der Waals surface area (Å²) >= 11 is 7.56. The molecule has 9 heteroatoms. The van der Waals surface area contributed by atoms with Gasteiger partial charge in [0, 0.05) is 6.61 Å². The molecule has 0 N–H and O–H groups in total. The van der Waals surface area contributed by atoms with E-state index in [0.717, 1.165) is 17.5 Å². The number of carbonyl (C=O) groups excluding carboxylic acids is 1. The van der Waals surface area contributed by atoms with Crippen LogP contribution in [0.3, 0.4) is 0 Å². The summed E-state index contributed by atoms with van der Waals surface area (Å²) in [7, 11) is -3.64. The maximum absolute atomic E-state index is 13.1. The molecule has 6 nitrogen and oxygen atoms in total. The number of hydrogen-bond acceptors (Lipinski definition) is 6. The fourth-order valence-corrected chi connectivity index (χ4v) is 6.07. The van der Waals surface area contributed by atoms with Gasteiger partial charge in [-0.2, -0.15) is 0 Å². The van der Waals surface area contributed by atoms with Crippen molar-refractivity contribution in [1.29, 1.82) is 0 Å². The molecule has 158 valence electrons. The van der Waals surface area contributed by atoms with Gasteiger partial charge in [0.1, 0.15) is 11.3 Å². The van der Waals surface area contributed by atoms with Crippen molar-refractivity contribution >= 4 is 54.0 Å². The van der Waals surface area contributed by atoms with Crippen LogP contribution < -0.4 is 4.90 Å². The van der Waals surface area contributed by atoms with Crippen molar-refractivity contribution < 1.29 is 17.9 Å². The maximum Gasteiger partial charge on any atom is 0.244 e. The molecule has 1 atom stereocenters. The van der Waals surface area contributed by atoms with Crippen LogP contribution in [0, 0.1) is 0 Å². The summed E-state index contributed by atoms with van der Waals surface area (Å²) < 4.78 is 31.9. The number of ether oxygens (including phenoxy) is 1. The normalized spacial score (nSPS) is 16.8. The third kappa shape index (κ3) is 5.00. The van der Waals surface area contributed by atoms with Gasteiger partial charge in [0.05, 0.1) is 28.1 Å². The summed E-state index contributed by atoms with van der Waals surface area (Å²) in [6.07, 6.45) is 1.62. The minimum atomic E-state index is -3.64. The quantitative estimate of drug-likeness (QED) is 0.526. The molecule has 2 aromatic carbocycles. The van der Waals surface area contributed by atoms with E-state index in [1.165, 1.54) is 16.2 Å². The standard InChI is InChI=1S/C21H21ClN2O4S2/c22-17-9-4-10-18-20(17)23-21(29-18)24(12-16-8-5-11-28-16)19(25)14-30(26,27)13-15-6-2-1-3-7-15/h1-4,6-7,9-10,16H,5,8,11-14H2. The molecule has 0 saturated carbocycles. The minimum Gasteiger partial charge on any atom is -0.376 e. The van der Waals surface area contributed by atoms with Crippen molar-refractivity contribution in [3.8, 4) is 0 Å². The molecule has 1 aliphatic heterocycles. The topological polar surface area (TPSA) is 76.6 Å². The molecular weight excluding hydrogens is 444 g/mol. The molecule has 3 aromatic rings. The SMILES string of the molecule is O=C(CS(=O)(=O)Cc1ccccc1)N(CC1CCCO1)c1nc2c(Cl)cccc2s1. The van der Waals surface area contributed by atoms with Crippen LogP contribution in [0.4, 0.5) is 5.13 Å². The fourth-order valence-electron chi connectivity index (χ4n) is 3.44. The van der Waals surface area contributed by atoms with E-state index in [9.17, 15) is 13.2 Å². The lowest BCUT2D eigenvalue weighted by molar-refractivity contribution is -0.116. The molecule has 0 aliphatic carbocycles. The fraction of sp³-hybridized carbons (Fsp3) is 0.333. The Labute approximate surface area is 184 Å². The van der Waals surface area contributed by atoms with E-state index in [-0.39, 0.29) is 18.4 Å². The number of anilines is 1. The summed E-state index contributed by atoms with van der Waals surface area (Å²) in [6, 6.07) is 14.3. The van der Waals surface area contributed by atoms with Crippen LogP contribution in [0.2, 0.25) is 5.02 Å². The average Bonchev–Trinajstić information content (AvgIpc) is 3.36. The second kappa shape index (κ2) is 9.01. The summed E-state index contributed by atoms with van der Waals surface area (Å²) in [5, 5.41) is 0.935. The number of halogens is 1. The Morgan fingerprint density at radius 2 is 2.00 bits per heavy atom. The van der Waals surface area contributed by atoms with Gasteiger partial charge >= 0.3 is 0 Å². The molecule has 1 amide bonds. The van der Waals surface area contributed by atoms with E-state index in [2.05, 4.69) is 4.98 Å². The molecule has 1 aromatic heterocycles. The van der Waals surface area contributed by atoms with Crippen LogP contribution >= 0.6 is 22.9 Å². The minimum absolute atomic E-state index is 0.131. The smallest absolute Gasteiger partial charge is 0.244 e. The van der Waals surface area contributed by atoms with E-state index < -0.39 is 21.5 Å². The first-order valence-corrected chi connectivity index (χ1v) is 12.6. The predicted octanol–water partition coefficient (Wildman–Crippen LogP) is 4.08. The Kier molecular flexibility index (Phi) is 6.38. The van der Waals surface area contributed by atoms with E-state index in [0.29, 0.717) is 27.8 Å². The first-order valence-electron chi connectivity index (χ1n) is 9.63. The van der Waals surface area contributed by atoms with Gasteiger partial charge in [-0.15, -0.1) is 0 Å². The highest BCUT2D eigenvalue weighted by Gasteiger charge is 2.29. The van der Waals surface area contributed by atoms with Crippen LogP contribution in [-0.2, 0) is 25.1 Å². The van der Waals surface area contributed by atoms with Crippen LogP contribution in [-0.4, -0.2) is 44.3 Å². The van der Waals surface area contributed by atoms with Crippen molar-refractivity contribution in [2.45, 2.75) is 24.7 Å². The number of rotatable bonds is 7. The number of hydrogen-bond donors (Lipinski definition) is 0. The third-order valence-corrected chi connectivity index (χ3v) is 7.68. The molecule has 1 unspecified atom stereocenters. The van der Waals surface area contributed by atoms with Crippen LogP contribution in [0.1, 0.15) is 18.4 Å². The Bertz CT molecular complexity index is 1140. The van der Waals surface area contributed by atoms with Crippen LogP contribution in [0.5, 0.6) is 0 Å². The van der Waals surface area contributed by atoms with E-state index in [1.54, 1.807) is 30.3 Å². The molecule has 0 radical (unpaired) electrons. The summed E-state index contributed by atoms with van der Waals surface area (Å²) in [6.45, 7) is 0.918. The zero-order valence-corrected chi connectivity index (χ0v) is 18.5. The molecule has 1 aliphatic rings. The number of amides is 1. The van der Waals surface area contributed by atoms with Crippen molar-refractivity contribution in [2.75, 3.05) is 23.8 Å². The molecule has 1 fully saturated rings. The van der Waals surface area contributed by atoms with Gasteiger partial charge in [-0.3, -0.25) is 9.69 Å². The Morgan fingerprint density at radius 1 is 1.20 bits per heavy atom. The zero-order chi connectivity index (χ0) is 21.1. The lowest BCUT2D eigenvalue weighted by Crippen LogP contribution is -2.41. The van der Waals surface area contributed by atoms with Gasteiger partial charge in [0.25, 0.3) is 0 Å². The van der Waals surface area contributed by atoms with Crippen LogP contribution in [0.15, 0.2) is 48.5 Å². The lowest BCUT2D eigenvalue weighted by Gasteiger charge is -2.23. The first kappa shape index (κ1) is 21.2. The molecule has 1 saturated heterocycles. The Hall–Kier alpha value is -2.00. The third-order valence-electron chi connectivity index (χ3n) is 4.87. The van der Waals surface area contributed by atoms with Crippen molar-refractivity contribution in [3.63, 3.8) is 0 Å². The number of para-hydroxylation sites is 1. The number of benzene rings is 2. The maximum atomic E-state index is 13.1. The average molecular weight is 465 g/mol. The second-order valence-electron chi connectivity index (χ2n) is 7.24.